The summed E-state index contributed by atoms with van der Waals surface area (Å²) < 4.78 is 18.9. The number of amides is 2. The minimum Gasteiger partial charge on any atom is -0.481 e. The van der Waals surface area contributed by atoms with E-state index >= 15 is 0 Å². The van der Waals surface area contributed by atoms with Crippen LogP contribution < -0.4 is 5.32 Å². The van der Waals surface area contributed by atoms with Crippen LogP contribution in [0.4, 0.5) is 4.39 Å². The fourth-order valence-corrected chi connectivity index (χ4v) is 7.81. The number of ether oxygens (including phenoxy) is 1. The molecule has 13 heteroatoms. The van der Waals surface area contributed by atoms with Crippen LogP contribution in [0.2, 0.25) is 0 Å². The number of halogens is 1. The Morgan fingerprint density at radius 3 is 2.40 bits per heavy atom. The number of aliphatic hydroxyl groups excluding tert-OH is 1. The van der Waals surface area contributed by atoms with Crippen LogP contribution in [0.25, 0.3) is 0 Å². The van der Waals surface area contributed by atoms with Crippen molar-refractivity contribution in [2.75, 3.05) is 33.9 Å². The molecule has 0 radical (unpaired) electrons. The molecule has 1 aromatic heterocycles. The summed E-state index contributed by atoms with van der Waals surface area (Å²) in [5.41, 5.74) is 0.829. The number of aromatic nitrogens is 1. The summed E-state index contributed by atoms with van der Waals surface area (Å²) in [5.74, 6) is -3.25. The molecule has 1 aliphatic heterocycles. The Morgan fingerprint density at radius 2 is 1.81 bits per heavy atom. The number of nitrogens with one attached hydrogen (secondary N) is 1. The minimum absolute atomic E-state index is 0.0291. The van der Waals surface area contributed by atoms with E-state index in [0.29, 0.717) is 24.6 Å². The maximum absolute atomic E-state index is 14.5. The van der Waals surface area contributed by atoms with Crippen molar-refractivity contribution in [2.45, 2.75) is 110 Å². The predicted molar refractivity (Wildman–Crippen MR) is 200 cm³/mol. The number of likely N-dealkylation sites (N-methyl/N-ethyl adjacent to an activating group) is 1. The average Bonchev–Trinajstić information content (AvgIpc) is 3.61. The molecular formula is C39H59FN4O7S. The quantitative estimate of drug-likeness (QED) is 0.145. The third kappa shape index (κ3) is 12.4. The number of aliphatic carboxylic acids is 1. The predicted octanol–water partition coefficient (Wildman–Crippen LogP) is 5.76. The van der Waals surface area contributed by atoms with Crippen LogP contribution >= 0.6 is 11.3 Å². The summed E-state index contributed by atoms with van der Waals surface area (Å²) in [4.78, 5) is 61.4. The zero-order valence-corrected chi connectivity index (χ0v) is 32.7. The lowest BCUT2D eigenvalue weighted by atomic mass is 9.82. The highest BCUT2D eigenvalue weighted by molar-refractivity contribution is 7.09. The number of aliphatic hydroxyl groups is 1. The van der Waals surface area contributed by atoms with Gasteiger partial charge in [-0.05, 0) is 68.8 Å². The van der Waals surface area contributed by atoms with E-state index in [9.17, 15) is 33.8 Å². The Hall–Kier alpha value is -3.26. The Bertz CT molecular complexity index is 1450. The number of carbonyl (C=O) groups excluding carboxylic acids is 3. The molecule has 3 unspecified atom stereocenters. The van der Waals surface area contributed by atoms with E-state index in [-0.39, 0.29) is 54.5 Å². The van der Waals surface area contributed by atoms with Crippen molar-refractivity contribution in [1.82, 2.24) is 20.1 Å². The number of methoxy groups -OCH3 is 1. The molecule has 1 saturated heterocycles. The molecule has 52 heavy (non-hydrogen) atoms. The van der Waals surface area contributed by atoms with Crippen LogP contribution in [-0.4, -0.2) is 101 Å². The maximum Gasteiger partial charge on any atom is 0.306 e. The van der Waals surface area contributed by atoms with Crippen molar-refractivity contribution in [3.63, 3.8) is 0 Å². The SMILES string of the molecule is CCC(C)C(CC(=O)C1CCCCN1C)C(=O)N(CCOC)[C@H](C[C@@H](O)c1nc(C(=O)N[C@@H](Cc2ccc(F)cc2)C[C@H](C)C(=O)O)cs1)C(C)C. The first-order chi connectivity index (χ1) is 24.7. The van der Waals surface area contributed by atoms with Crippen molar-refractivity contribution in [1.29, 1.82) is 0 Å². The Kier molecular flexibility index (Phi) is 17.3. The number of carbonyl (C=O) groups is 4. The van der Waals surface area contributed by atoms with E-state index in [1.807, 2.05) is 34.7 Å². The first-order valence-corrected chi connectivity index (χ1v) is 19.5. The van der Waals surface area contributed by atoms with Gasteiger partial charge in [0.25, 0.3) is 5.91 Å². The van der Waals surface area contributed by atoms with Gasteiger partial charge in [0.2, 0.25) is 5.91 Å². The highest BCUT2D eigenvalue weighted by atomic mass is 32.1. The number of hydrogen-bond acceptors (Lipinski definition) is 9. The van der Waals surface area contributed by atoms with E-state index in [0.717, 1.165) is 49.1 Å². The summed E-state index contributed by atoms with van der Waals surface area (Å²) in [6, 6.07) is 4.68. The average molecular weight is 747 g/mol. The van der Waals surface area contributed by atoms with Crippen LogP contribution in [-0.2, 0) is 25.5 Å². The second-order valence-corrected chi connectivity index (χ2v) is 15.7. The second-order valence-electron chi connectivity index (χ2n) is 14.8. The molecule has 2 aromatic rings. The van der Waals surface area contributed by atoms with Crippen LogP contribution in [0, 0.1) is 29.5 Å². The molecule has 1 aromatic carbocycles. The van der Waals surface area contributed by atoms with E-state index < -0.39 is 47.7 Å². The zero-order valence-electron chi connectivity index (χ0n) is 31.8. The highest BCUT2D eigenvalue weighted by Gasteiger charge is 2.38. The number of carboxylic acids is 1. The van der Waals surface area contributed by atoms with E-state index in [1.54, 1.807) is 36.4 Å². The molecule has 3 rings (SSSR count). The number of carboxylic acid groups (broad SMARTS) is 1. The fourth-order valence-electron chi connectivity index (χ4n) is 7.01. The Morgan fingerprint density at radius 1 is 1.12 bits per heavy atom. The molecule has 7 atom stereocenters. The van der Waals surface area contributed by atoms with E-state index in [1.165, 1.54) is 12.1 Å². The number of Topliss-reactive ketones (excluding diaryl/α,β-unsaturated/α-hetero) is 1. The van der Waals surface area contributed by atoms with Gasteiger partial charge in [0, 0.05) is 49.9 Å². The molecule has 11 nitrogen and oxygen atoms in total. The van der Waals surface area contributed by atoms with Gasteiger partial charge < -0.3 is 25.2 Å². The topological polar surface area (TPSA) is 149 Å². The molecule has 1 aliphatic rings. The summed E-state index contributed by atoms with van der Waals surface area (Å²) in [5, 5.41) is 25.8. The van der Waals surface area contributed by atoms with Crippen LogP contribution in [0.15, 0.2) is 29.6 Å². The molecule has 3 N–H and O–H groups in total. The molecule has 2 amide bonds. The number of hydrogen-bond donors (Lipinski definition) is 3. The number of rotatable bonds is 21. The molecule has 0 bridgehead atoms. The zero-order chi connectivity index (χ0) is 38.5. The second kappa shape index (κ2) is 20.8. The Labute approximate surface area is 312 Å². The summed E-state index contributed by atoms with van der Waals surface area (Å²) >= 11 is 1.13. The lowest BCUT2D eigenvalue weighted by Crippen LogP contribution is -2.50. The van der Waals surface area contributed by atoms with Gasteiger partial charge in [-0.15, -0.1) is 11.3 Å². The first kappa shape index (κ1) is 43.1. The fraction of sp³-hybridized carbons (Fsp3) is 0.667. The smallest absolute Gasteiger partial charge is 0.306 e. The number of piperidine rings is 1. The largest absolute Gasteiger partial charge is 0.481 e. The molecule has 0 spiro atoms. The minimum atomic E-state index is -1.08. The Balaban J connectivity index is 1.79. The van der Waals surface area contributed by atoms with Gasteiger partial charge in [0.05, 0.1) is 18.6 Å². The summed E-state index contributed by atoms with van der Waals surface area (Å²) in [7, 11) is 3.55. The number of ketones is 1. The van der Waals surface area contributed by atoms with E-state index in [2.05, 4.69) is 15.2 Å². The number of thiazole rings is 1. The van der Waals surface area contributed by atoms with Crippen molar-refractivity contribution in [3.8, 4) is 0 Å². The standard InChI is InChI=1S/C39H59FN4O7S/c1-8-25(4)30(21-34(45)32-11-9-10-16-43(32)6)38(48)44(17-18-51-7)33(24(2)3)22-35(46)37-42-31(23-52-37)36(47)41-29(19-26(5)39(49)50)20-27-12-14-28(40)15-13-27/h12-15,23-26,29-30,32-33,35,46H,8-11,16-22H2,1-7H3,(H,41,47)(H,49,50)/t25?,26-,29+,30?,32?,33+,35+/m0/s1. The molecule has 0 aliphatic carbocycles. The molecule has 2 heterocycles. The van der Waals surface area contributed by atoms with Crippen molar-refractivity contribution in [3.05, 3.63) is 51.7 Å². The molecule has 290 valence electrons. The highest BCUT2D eigenvalue weighted by Crippen LogP contribution is 2.31. The van der Waals surface area contributed by atoms with Crippen molar-refractivity contribution >= 4 is 34.9 Å². The van der Waals surface area contributed by atoms with Crippen LogP contribution in [0.3, 0.4) is 0 Å². The number of likely N-dealkylation sites (tertiary alicyclic amines) is 1. The van der Waals surface area contributed by atoms with Gasteiger partial charge in [0.15, 0.2) is 5.78 Å². The van der Waals surface area contributed by atoms with Gasteiger partial charge in [-0.2, -0.15) is 0 Å². The lowest BCUT2D eigenvalue weighted by molar-refractivity contribution is -0.145. The third-order valence-corrected chi connectivity index (χ3v) is 11.4. The van der Waals surface area contributed by atoms with Crippen molar-refractivity contribution < 1.29 is 38.5 Å². The van der Waals surface area contributed by atoms with Crippen LogP contribution in [0.5, 0.6) is 0 Å². The van der Waals surface area contributed by atoms with Crippen LogP contribution in [0.1, 0.15) is 107 Å². The lowest BCUT2D eigenvalue weighted by Gasteiger charge is -2.39. The van der Waals surface area contributed by atoms with Gasteiger partial charge in [0.1, 0.15) is 22.6 Å². The van der Waals surface area contributed by atoms with Gasteiger partial charge in [-0.3, -0.25) is 24.1 Å². The number of benzene rings is 1. The van der Waals surface area contributed by atoms with E-state index in [4.69, 9.17) is 4.74 Å². The maximum atomic E-state index is 14.5. The monoisotopic (exact) mass is 746 g/mol. The first-order valence-electron chi connectivity index (χ1n) is 18.6. The van der Waals surface area contributed by atoms with Crippen molar-refractivity contribution in [2.24, 2.45) is 23.7 Å². The molecule has 0 saturated carbocycles. The molecule has 1 fully saturated rings. The van der Waals surface area contributed by atoms with Gasteiger partial charge >= 0.3 is 5.97 Å². The van der Waals surface area contributed by atoms with Gasteiger partial charge in [-0.1, -0.05) is 59.6 Å². The van der Waals surface area contributed by atoms with Gasteiger partial charge in [-0.25, -0.2) is 9.37 Å². The summed E-state index contributed by atoms with van der Waals surface area (Å²) in [6.45, 7) is 11.0. The third-order valence-electron chi connectivity index (χ3n) is 10.5. The summed E-state index contributed by atoms with van der Waals surface area (Å²) in [6.07, 6.45) is 3.29. The normalized spacial score (nSPS) is 18.6. The molecular weight excluding hydrogens is 688 g/mol. The number of nitrogens with zero attached hydrogens (tertiary/aromatic N) is 3.